The van der Waals surface area contributed by atoms with E-state index in [4.69, 9.17) is 9.47 Å². The standard InChI is InChI=1S/C37H55NO5/c1-6-7-8-9-10-11-12-13-14-15-16-17-18-19-20-21-22-38(2,3)27-28-23-30-35(33(24-28)43-5)37(41)34-31(36(30)40)25-29(42-4)26-32(34)39/h23-26H,6-22,27H2,1-5H3/p+1. The van der Waals surface area contributed by atoms with Crippen LogP contribution in [0.1, 0.15) is 147 Å². The zero-order valence-electron chi connectivity index (χ0n) is 27.6. The summed E-state index contributed by atoms with van der Waals surface area (Å²) in [7, 11) is 7.40. The molecular weight excluding hydrogens is 538 g/mol. The summed E-state index contributed by atoms with van der Waals surface area (Å²) in [6.07, 6.45) is 21.8. The van der Waals surface area contributed by atoms with E-state index >= 15 is 0 Å². The van der Waals surface area contributed by atoms with Crippen molar-refractivity contribution in [3.63, 3.8) is 0 Å². The van der Waals surface area contributed by atoms with Crippen LogP contribution in [0.5, 0.6) is 17.2 Å². The molecule has 0 heterocycles. The molecule has 0 aliphatic heterocycles. The van der Waals surface area contributed by atoms with Crippen LogP contribution in [0, 0.1) is 0 Å². The van der Waals surface area contributed by atoms with E-state index in [-0.39, 0.29) is 28.2 Å². The van der Waals surface area contributed by atoms with E-state index in [1.807, 2.05) is 12.1 Å². The lowest BCUT2D eigenvalue weighted by Gasteiger charge is -2.31. The van der Waals surface area contributed by atoms with Gasteiger partial charge in [0, 0.05) is 22.8 Å². The maximum absolute atomic E-state index is 13.5. The van der Waals surface area contributed by atoms with Crippen molar-refractivity contribution in [2.45, 2.75) is 116 Å². The summed E-state index contributed by atoms with van der Waals surface area (Å²) >= 11 is 0. The Balaban J connectivity index is 1.41. The van der Waals surface area contributed by atoms with Gasteiger partial charge in [0.25, 0.3) is 0 Å². The third kappa shape index (κ3) is 10.1. The van der Waals surface area contributed by atoms with Gasteiger partial charge in [0.05, 0.1) is 46.0 Å². The van der Waals surface area contributed by atoms with Crippen molar-refractivity contribution in [3.8, 4) is 17.2 Å². The van der Waals surface area contributed by atoms with Gasteiger partial charge in [-0.25, -0.2) is 0 Å². The van der Waals surface area contributed by atoms with Crippen LogP contribution in [-0.2, 0) is 6.54 Å². The SMILES string of the molecule is CCCCCCCCCCCCCCCCCC[N+](C)(C)Cc1cc(OC)c2c(c1)C(=O)c1cc(OC)cc(O)c1C2=O. The van der Waals surface area contributed by atoms with E-state index in [1.165, 1.54) is 123 Å². The summed E-state index contributed by atoms with van der Waals surface area (Å²) in [5.41, 5.74) is 1.66. The number of phenols is 1. The molecule has 0 aromatic heterocycles. The Morgan fingerprint density at radius 1 is 0.628 bits per heavy atom. The van der Waals surface area contributed by atoms with Gasteiger partial charge in [-0.15, -0.1) is 0 Å². The summed E-state index contributed by atoms with van der Waals surface area (Å²) in [6.45, 7) is 4.04. The predicted molar refractivity (Wildman–Crippen MR) is 175 cm³/mol. The molecule has 0 atom stereocenters. The van der Waals surface area contributed by atoms with Gasteiger partial charge in [0.2, 0.25) is 5.78 Å². The Morgan fingerprint density at radius 3 is 1.65 bits per heavy atom. The predicted octanol–water partition coefficient (Wildman–Crippen LogP) is 9.02. The second-order valence-corrected chi connectivity index (χ2v) is 13.1. The number of hydrogen-bond donors (Lipinski definition) is 1. The van der Waals surface area contributed by atoms with Crippen LogP contribution < -0.4 is 9.47 Å². The smallest absolute Gasteiger partial charge is 0.201 e. The lowest BCUT2D eigenvalue weighted by Crippen LogP contribution is -2.39. The number of fused-ring (bicyclic) bond motifs is 2. The quantitative estimate of drug-likeness (QED) is 0.0984. The van der Waals surface area contributed by atoms with Crippen LogP contribution in [0.2, 0.25) is 0 Å². The van der Waals surface area contributed by atoms with Gasteiger partial charge in [0.1, 0.15) is 23.8 Å². The highest BCUT2D eigenvalue weighted by Gasteiger charge is 2.36. The molecule has 2 aromatic carbocycles. The van der Waals surface area contributed by atoms with Gasteiger partial charge in [-0.1, -0.05) is 96.8 Å². The van der Waals surface area contributed by atoms with Gasteiger partial charge in [0.15, 0.2) is 5.78 Å². The van der Waals surface area contributed by atoms with Crippen molar-refractivity contribution in [1.82, 2.24) is 0 Å². The average Bonchev–Trinajstić information content (AvgIpc) is 2.98. The fourth-order valence-corrected chi connectivity index (χ4v) is 6.41. The highest BCUT2D eigenvalue weighted by molar-refractivity contribution is 6.30. The molecule has 238 valence electrons. The number of phenolic OH excluding ortho intramolecular Hbond substituents is 1. The summed E-state index contributed by atoms with van der Waals surface area (Å²) < 4.78 is 11.6. The highest BCUT2D eigenvalue weighted by atomic mass is 16.5. The summed E-state index contributed by atoms with van der Waals surface area (Å²) in [5, 5.41) is 10.5. The molecule has 0 saturated carbocycles. The molecule has 1 N–H and O–H groups in total. The molecule has 0 unspecified atom stereocenters. The second-order valence-electron chi connectivity index (χ2n) is 13.1. The molecule has 0 fully saturated rings. The Bertz CT molecular complexity index is 1200. The molecular formula is C37H56NO5+. The summed E-state index contributed by atoms with van der Waals surface area (Å²) in [4.78, 5) is 26.9. The van der Waals surface area contributed by atoms with Gasteiger partial charge in [-0.2, -0.15) is 0 Å². The largest absolute Gasteiger partial charge is 0.507 e. The van der Waals surface area contributed by atoms with Crippen LogP contribution in [-0.4, -0.2) is 56.0 Å². The van der Waals surface area contributed by atoms with Crippen molar-refractivity contribution in [2.24, 2.45) is 0 Å². The number of unbranched alkanes of at least 4 members (excludes halogenated alkanes) is 15. The second kappa shape index (κ2) is 17.4. The zero-order chi connectivity index (χ0) is 31.2. The number of aromatic hydroxyl groups is 1. The van der Waals surface area contributed by atoms with Gasteiger partial charge >= 0.3 is 0 Å². The molecule has 0 saturated heterocycles. The molecule has 1 aliphatic carbocycles. The third-order valence-corrected chi connectivity index (χ3v) is 8.88. The first kappa shape index (κ1) is 34.6. The fourth-order valence-electron chi connectivity index (χ4n) is 6.41. The zero-order valence-corrected chi connectivity index (χ0v) is 27.6. The number of methoxy groups -OCH3 is 2. The number of hydrogen-bond acceptors (Lipinski definition) is 5. The molecule has 0 spiro atoms. The van der Waals surface area contributed by atoms with E-state index in [9.17, 15) is 14.7 Å². The maximum atomic E-state index is 13.5. The van der Waals surface area contributed by atoms with E-state index in [0.717, 1.165) is 29.6 Å². The molecule has 0 amide bonds. The Morgan fingerprint density at radius 2 is 1.14 bits per heavy atom. The number of quaternary nitrogens is 1. The van der Waals surface area contributed by atoms with Gasteiger partial charge in [-0.3, -0.25) is 9.59 Å². The van der Waals surface area contributed by atoms with Crippen molar-refractivity contribution in [1.29, 1.82) is 0 Å². The van der Waals surface area contributed by atoms with Crippen LogP contribution in [0.15, 0.2) is 24.3 Å². The monoisotopic (exact) mass is 594 g/mol. The Hall–Kier alpha value is -2.86. The first-order valence-corrected chi connectivity index (χ1v) is 16.8. The minimum Gasteiger partial charge on any atom is -0.507 e. The average molecular weight is 595 g/mol. The lowest BCUT2D eigenvalue weighted by molar-refractivity contribution is -0.903. The summed E-state index contributed by atoms with van der Waals surface area (Å²) in [5.74, 6) is -0.270. The molecule has 1 aliphatic rings. The molecule has 2 aromatic rings. The number of rotatable bonds is 21. The fraction of sp³-hybridized carbons (Fsp3) is 0.622. The molecule has 3 rings (SSSR count). The number of ketones is 2. The number of ether oxygens (including phenoxy) is 2. The highest BCUT2D eigenvalue weighted by Crippen LogP contribution is 2.40. The molecule has 0 bridgehead atoms. The van der Waals surface area contributed by atoms with Crippen LogP contribution in [0.4, 0.5) is 0 Å². The van der Waals surface area contributed by atoms with E-state index in [0.29, 0.717) is 17.1 Å². The van der Waals surface area contributed by atoms with Crippen LogP contribution in [0.3, 0.4) is 0 Å². The van der Waals surface area contributed by atoms with Crippen LogP contribution in [0.25, 0.3) is 0 Å². The lowest BCUT2D eigenvalue weighted by atomic mass is 9.82. The third-order valence-electron chi connectivity index (χ3n) is 8.88. The maximum Gasteiger partial charge on any atom is 0.201 e. The van der Waals surface area contributed by atoms with Crippen molar-refractivity contribution in [2.75, 3.05) is 34.9 Å². The number of nitrogens with zero attached hydrogens (tertiary/aromatic N) is 1. The Kier molecular flexibility index (Phi) is 14.0. The number of carbonyl (C=O) groups excluding carboxylic acids is 2. The van der Waals surface area contributed by atoms with Gasteiger partial charge in [-0.05, 0) is 31.0 Å². The van der Waals surface area contributed by atoms with E-state index < -0.39 is 5.78 Å². The molecule has 6 heteroatoms. The summed E-state index contributed by atoms with van der Waals surface area (Å²) in [6, 6.07) is 6.57. The van der Waals surface area contributed by atoms with Crippen molar-refractivity contribution >= 4 is 11.6 Å². The minimum atomic E-state index is -0.407. The van der Waals surface area contributed by atoms with Gasteiger partial charge < -0.3 is 19.1 Å². The minimum absolute atomic E-state index is 0.00367. The molecule has 6 nitrogen and oxygen atoms in total. The normalized spacial score (nSPS) is 12.8. The number of carbonyl (C=O) groups is 2. The first-order chi connectivity index (χ1) is 20.7. The number of benzene rings is 2. The molecule has 0 radical (unpaired) electrons. The van der Waals surface area contributed by atoms with Crippen molar-refractivity contribution in [3.05, 3.63) is 52.1 Å². The molecule has 43 heavy (non-hydrogen) atoms. The van der Waals surface area contributed by atoms with E-state index in [2.05, 4.69) is 21.0 Å². The van der Waals surface area contributed by atoms with E-state index in [1.54, 1.807) is 0 Å². The van der Waals surface area contributed by atoms with Crippen molar-refractivity contribution < 1.29 is 28.7 Å². The topological polar surface area (TPSA) is 72.8 Å². The first-order valence-electron chi connectivity index (χ1n) is 16.8. The Labute approximate surface area is 260 Å². The van der Waals surface area contributed by atoms with Crippen LogP contribution >= 0.6 is 0 Å².